The second kappa shape index (κ2) is 7.96. The third-order valence-corrected chi connectivity index (χ3v) is 5.13. The van der Waals surface area contributed by atoms with E-state index >= 15 is 0 Å². The molecule has 3 aromatic rings. The molecule has 0 unspecified atom stereocenters. The first-order chi connectivity index (χ1) is 13.0. The highest BCUT2D eigenvalue weighted by Gasteiger charge is 2.23. The summed E-state index contributed by atoms with van der Waals surface area (Å²) < 4.78 is 2.55. The Labute approximate surface area is 160 Å². The summed E-state index contributed by atoms with van der Waals surface area (Å²) in [7, 11) is 1.78. The lowest BCUT2D eigenvalue weighted by atomic mass is 10.2. The number of carbonyl (C=O) groups is 1. The summed E-state index contributed by atoms with van der Waals surface area (Å²) in [4.78, 5) is 21.4. The topological polar surface area (TPSA) is 110 Å². The van der Waals surface area contributed by atoms with E-state index in [0.717, 1.165) is 20.8 Å². The van der Waals surface area contributed by atoms with Crippen LogP contribution in [0.5, 0.6) is 0 Å². The Kier molecular flexibility index (Phi) is 5.46. The number of nitrogens with zero attached hydrogens (tertiary/aromatic N) is 3. The fourth-order valence-electron chi connectivity index (χ4n) is 2.79. The number of thiazole rings is 1. The van der Waals surface area contributed by atoms with Gasteiger partial charge in [-0.05, 0) is 29.5 Å². The quantitative estimate of drug-likeness (QED) is 0.432. The number of hydrogen-bond donors (Lipinski definition) is 3. The van der Waals surface area contributed by atoms with Gasteiger partial charge in [-0.1, -0.05) is 12.6 Å². The van der Waals surface area contributed by atoms with Gasteiger partial charge in [0.1, 0.15) is 10.7 Å². The Bertz CT molecular complexity index is 1030. The molecule has 3 heterocycles. The van der Waals surface area contributed by atoms with Crippen LogP contribution in [0.25, 0.3) is 10.3 Å². The molecule has 0 spiro atoms. The lowest BCUT2D eigenvalue weighted by Gasteiger charge is -2.07. The van der Waals surface area contributed by atoms with Crippen LogP contribution in [0.15, 0.2) is 49.0 Å². The number of fused-ring (bicyclic) bond motifs is 1. The Morgan fingerprint density at radius 1 is 1.52 bits per heavy atom. The third-order valence-electron chi connectivity index (χ3n) is 4.05. The number of amides is 1. The summed E-state index contributed by atoms with van der Waals surface area (Å²) in [6.07, 6.45) is 8.36. The molecule has 3 rings (SSSR count). The zero-order valence-corrected chi connectivity index (χ0v) is 15.7. The average molecular weight is 380 g/mol. The molecule has 0 fully saturated rings. The van der Waals surface area contributed by atoms with Crippen LogP contribution in [0.1, 0.15) is 26.6 Å². The van der Waals surface area contributed by atoms with Crippen molar-refractivity contribution in [1.29, 1.82) is 5.41 Å². The van der Waals surface area contributed by atoms with Gasteiger partial charge >= 0.3 is 0 Å². The second-order valence-electron chi connectivity index (χ2n) is 5.96. The lowest BCUT2D eigenvalue weighted by molar-refractivity contribution is 0.0943. The van der Waals surface area contributed by atoms with Crippen molar-refractivity contribution in [3.8, 4) is 0 Å². The van der Waals surface area contributed by atoms with Crippen molar-refractivity contribution in [1.82, 2.24) is 19.9 Å². The van der Waals surface area contributed by atoms with Gasteiger partial charge in [0, 0.05) is 44.2 Å². The number of rotatable bonds is 7. The van der Waals surface area contributed by atoms with Crippen LogP contribution in [0.3, 0.4) is 0 Å². The molecular formula is C19H20N6OS. The molecule has 0 aromatic carbocycles. The predicted octanol–water partition coefficient (Wildman–Crippen LogP) is 2.53. The van der Waals surface area contributed by atoms with E-state index in [9.17, 15) is 4.79 Å². The van der Waals surface area contributed by atoms with Gasteiger partial charge in [0.15, 0.2) is 5.65 Å². The molecule has 138 valence electrons. The molecule has 7 nitrogen and oxygen atoms in total. The van der Waals surface area contributed by atoms with E-state index in [1.165, 1.54) is 23.8 Å². The zero-order chi connectivity index (χ0) is 19.4. The maximum absolute atomic E-state index is 12.7. The van der Waals surface area contributed by atoms with Crippen LogP contribution in [-0.4, -0.2) is 26.7 Å². The van der Waals surface area contributed by atoms with Crippen LogP contribution in [0, 0.1) is 5.41 Å². The summed E-state index contributed by atoms with van der Waals surface area (Å²) in [5, 5.41) is 11.5. The summed E-state index contributed by atoms with van der Waals surface area (Å²) in [6, 6.07) is 3.72. The van der Waals surface area contributed by atoms with Gasteiger partial charge in [0.2, 0.25) is 0 Å². The first-order valence-electron chi connectivity index (χ1n) is 8.26. The highest BCUT2D eigenvalue weighted by Crippen LogP contribution is 2.30. The first-order valence-corrected chi connectivity index (χ1v) is 9.08. The normalized spacial score (nSPS) is 11.1. The van der Waals surface area contributed by atoms with E-state index in [4.69, 9.17) is 11.1 Å². The smallest absolute Gasteiger partial charge is 0.268 e. The number of pyridine rings is 1. The van der Waals surface area contributed by atoms with Crippen LogP contribution in [-0.2, 0) is 20.0 Å². The lowest BCUT2D eigenvalue weighted by Crippen LogP contribution is -2.26. The number of nitrogens with two attached hydrogens (primary N) is 1. The van der Waals surface area contributed by atoms with Gasteiger partial charge in [-0.25, -0.2) is 4.98 Å². The van der Waals surface area contributed by atoms with Gasteiger partial charge in [0.05, 0.1) is 4.70 Å². The third kappa shape index (κ3) is 3.80. The van der Waals surface area contributed by atoms with Crippen molar-refractivity contribution in [3.63, 3.8) is 0 Å². The molecular weight excluding hydrogens is 360 g/mol. The van der Waals surface area contributed by atoms with Crippen molar-refractivity contribution in [2.24, 2.45) is 12.8 Å². The van der Waals surface area contributed by atoms with Crippen molar-refractivity contribution in [3.05, 3.63) is 70.8 Å². The van der Waals surface area contributed by atoms with Crippen molar-refractivity contribution >= 4 is 33.8 Å². The average Bonchev–Trinajstić information content (AvgIpc) is 3.18. The predicted molar refractivity (Wildman–Crippen MR) is 108 cm³/mol. The summed E-state index contributed by atoms with van der Waals surface area (Å²) >= 11 is 1.46. The van der Waals surface area contributed by atoms with Crippen molar-refractivity contribution in [2.75, 3.05) is 0 Å². The molecule has 0 saturated heterocycles. The van der Waals surface area contributed by atoms with E-state index in [1.54, 1.807) is 30.1 Å². The van der Waals surface area contributed by atoms with Gasteiger partial charge < -0.3 is 21.0 Å². The number of aryl methyl sites for hydroxylation is 1. The van der Waals surface area contributed by atoms with Crippen LogP contribution in [0.4, 0.5) is 0 Å². The SMILES string of the molecule is C=C(/C=C\N)Cc1nc2c(s1)c(C=N)c(C(=O)NCc1cccnc1)n2C. The standard InChI is InChI=1S/C19H20N6OS/c1-12(5-6-20)8-15-24-18-17(27-15)14(9-21)16(25(18)2)19(26)23-11-13-4-3-7-22-10-13/h3-7,9-10,21H,1,8,11,20H2,2H3,(H,23,26)/b6-5-,21-9?. The number of carbonyl (C=O) groups excluding carboxylic acids is 1. The minimum Gasteiger partial charge on any atom is -0.405 e. The van der Waals surface area contributed by atoms with Crippen LogP contribution in [0.2, 0.25) is 0 Å². The minimum absolute atomic E-state index is 0.248. The van der Waals surface area contributed by atoms with E-state index in [2.05, 4.69) is 21.9 Å². The number of nitrogens with one attached hydrogen (secondary N) is 2. The highest BCUT2D eigenvalue weighted by atomic mass is 32.1. The number of aromatic nitrogens is 3. The Balaban J connectivity index is 1.88. The van der Waals surface area contributed by atoms with Crippen molar-refractivity contribution in [2.45, 2.75) is 13.0 Å². The number of allylic oxidation sites excluding steroid dienone is 2. The van der Waals surface area contributed by atoms with Crippen molar-refractivity contribution < 1.29 is 4.79 Å². The van der Waals surface area contributed by atoms with Gasteiger partial charge in [0.25, 0.3) is 5.91 Å². The Morgan fingerprint density at radius 3 is 3.00 bits per heavy atom. The summed E-state index contributed by atoms with van der Waals surface area (Å²) in [6.45, 7) is 4.31. The molecule has 0 bridgehead atoms. The molecule has 0 aliphatic heterocycles. The summed E-state index contributed by atoms with van der Waals surface area (Å²) in [5.74, 6) is -0.248. The minimum atomic E-state index is -0.248. The van der Waals surface area contributed by atoms with E-state index in [-0.39, 0.29) is 5.91 Å². The fraction of sp³-hybridized carbons (Fsp3) is 0.158. The summed E-state index contributed by atoms with van der Waals surface area (Å²) in [5.41, 5.74) is 8.83. The molecule has 1 amide bonds. The Hall–Kier alpha value is -3.26. The molecule has 27 heavy (non-hydrogen) atoms. The molecule has 3 aromatic heterocycles. The van der Waals surface area contributed by atoms with E-state index in [1.807, 2.05) is 12.1 Å². The molecule has 4 N–H and O–H groups in total. The van der Waals surface area contributed by atoms with Crippen LogP contribution < -0.4 is 11.1 Å². The van der Waals surface area contributed by atoms with E-state index in [0.29, 0.717) is 29.9 Å². The van der Waals surface area contributed by atoms with Crippen LogP contribution >= 0.6 is 11.3 Å². The first kappa shape index (κ1) is 18.5. The monoisotopic (exact) mass is 380 g/mol. The molecule has 8 heteroatoms. The molecule has 0 saturated carbocycles. The maximum atomic E-state index is 12.7. The van der Waals surface area contributed by atoms with Gasteiger partial charge in [-0.15, -0.1) is 11.3 Å². The molecule has 0 atom stereocenters. The Morgan fingerprint density at radius 2 is 2.33 bits per heavy atom. The highest BCUT2D eigenvalue weighted by molar-refractivity contribution is 7.19. The maximum Gasteiger partial charge on any atom is 0.268 e. The molecule has 0 aliphatic carbocycles. The van der Waals surface area contributed by atoms with E-state index < -0.39 is 0 Å². The molecule has 0 radical (unpaired) electrons. The number of hydrogen-bond acceptors (Lipinski definition) is 6. The largest absolute Gasteiger partial charge is 0.405 e. The van der Waals surface area contributed by atoms with Gasteiger partial charge in [-0.3, -0.25) is 9.78 Å². The zero-order valence-electron chi connectivity index (χ0n) is 14.9. The van der Waals surface area contributed by atoms with Gasteiger partial charge in [-0.2, -0.15) is 0 Å². The molecule has 0 aliphatic rings. The fourth-order valence-corrected chi connectivity index (χ4v) is 3.96. The second-order valence-corrected chi connectivity index (χ2v) is 7.05.